The van der Waals surface area contributed by atoms with E-state index in [0.29, 0.717) is 0 Å². The Labute approximate surface area is 108 Å². The molecule has 0 atom stereocenters. The summed E-state index contributed by atoms with van der Waals surface area (Å²) in [6, 6.07) is 0. The smallest absolute Gasteiger partial charge is 0.136 e. The van der Waals surface area contributed by atoms with E-state index in [4.69, 9.17) is 9.97 Å². The molecule has 0 amide bonds. The van der Waals surface area contributed by atoms with Crippen LogP contribution in [0.2, 0.25) is 0 Å². The highest BCUT2D eigenvalue weighted by molar-refractivity contribution is 7.98. The fourth-order valence-electron chi connectivity index (χ4n) is 1.78. The molecule has 0 aliphatic carbocycles. The van der Waals surface area contributed by atoms with Crippen LogP contribution in [-0.4, -0.2) is 16.5 Å². The average molecular weight is 251 g/mol. The minimum atomic E-state index is 0.0188. The van der Waals surface area contributed by atoms with E-state index in [0.717, 1.165) is 36.1 Å². The Bertz CT molecular complexity index is 410. The normalized spacial score (nSPS) is 14.8. The van der Waals surface area contributed by atoms with Crippen molar-refractivity contribution in [3.05, 3.63) is 17.1 Å². The molecule has 0 radical (unpaired) electrons. The lowest BCUT2D eigenvalue weighted by Gasteiger charge is -2.19. The first-order valence-corrected chi connectivity index (χ1v) is 7.39. The number of hydrogen-bond acceptors (Lipinski definition) is 4. The van der Waals surface area contributed by atoms with Crippen LogP contribution in [0.25, 0.3) is 0 Å². The highest BCUT2D eigenvalue weighted by Gasteiger charge is 2.24. The van der Waals surface area contributed by atoms with Gasteiger partial charge in [0.05, 0.1) is 5.69 Å². The molecule has 1 aromatic heterocycles. The highest BCUT2D eigenvalue weighted by Crippen LogP contribution is 2.34. The lowest BCUT2D eigenvalue weighted by molar-refractivity contribution is 0.543. The number of rotatable bonds is 3. The number of aromatic nitrogens is 2. The van der Waals surface area contributed by atoms with Crippen LogP contribution in [0, 0.1) is 0 Å². The van der Waals surface area contributed by atoms with Crippen LogP contribution >= 0.6 is 11.8 Å². The third-order valence-electron chi connectivity index (χ3n) is 2.79. The molecule has 0 fully saturated rings. The molecule has 2 heterocycles. The van der Waals surface area contributed by atoms with Crippen molar-refractivity contribution in [2.45, 2.75) is 51.0 Å². The van der Waals surface area contributed by atoms with Gasteiger partial charge in [0.25, 0.3) is 0 Å². The summed E-state index contributed by atoms with van der Waals surface area (Å²) >= 11 is 1.93. The maximum atomic E-state index is 4.72. The number of hydrogen-bond donors (Lipinski definition) is 1. The van der Waals surface area contributed by atoms with Crippen molar-refractivity contribution in [2.75, 3.05) is 11.9 Å². The number of nitrogens with one attached hydrogen (secondary N) is 1. The Kier molecular flexibility index (Phi) is 3.61. The van der Waals surface area contributed by atoms with Gasteiger partial charge in [0.1, 0.15) is 11.6 Å². The topological polar surface area (TPSA) is 37.8 Å². The maximum Gasteiger partial charge on any atom is 0.136 e. The van der Waals surface area contributed by atoms with E-state index < -0.39 is 0 Å². The molecule has 1 N–H and O–H groups in total. The van der Waals surface area contributed by atoms with Crippen LogP contribution in [0.3, 0.4) is 0 Å². The Morgan fingerprint density at radius 1 is 1.24 bits per heavy atom. The van der Waals surface area contributed by atoms with E-state index in [1.165, 1.54) is 11.3 Å². The summed E-state index contributed by atoms with van der Waals surface area (Å²) in [5.41, 5.74) is 2.57. The molecule has 0 aromatic carbocycles. The van der Waals surface area contributed by atoms with E-state index in [1.807, 2.05) is 11.8 Å². The molecule has 4 heteroatoms. The van der Waals surface area contributed by atoms with E-state index in [1.54, 1.807) is 0 Å². The Morgan fingerprint density at radius 2 is 2.00 bits per heavy atom. The van der Waals surface area contributed by atoms with Gasteiger partial charge in [-0.05, 0) is 6.42 Å². The molecule has 1 aromatic rings. The number of nitrogens with zero attached hydrogens (tertiary/aromatic N) is 2. The minimum absolute atomic E-state index is 0.0188. The summed E-state index contributed by atoms with van der Waals surface area (Å²) in [6.45, 7) is 9.66. The molecule has 3 nitrogen and oxygen atoms in total. The lowest BCUT2D eigenvalue weighted by Crippen LogP contribution is -2.19. The van der Waals surface area contributed by atoms with Crippen molar-refractivity contribution in [1.82, 2.24) is 9.97 Å². The molecule has 2 rings (SSSR count). The standard InChI is InChI=1S/C13H21N3S/c1-5-6-14-11-9-7-17-8-10(9)15-12(16-11)13(2,3)4/h5-8H2,1-4H3,(H,14,15,16). The predicted molar refractivity (Wildman–Crippen MR) is 74.5 cm³/mol. The molecule has 1 aliphatic rings. The van der Waals surface area contributed by atoms with Crippen molar-refractivity contribution >= 4 is 17.6 Å². The number of thioether (sulfide) groups is 1. The molecule has 94 valence electrons. The van der Waals surface area contributed by atoms with Gasteiger partial charge >= 0.3 is 0 Å². The average Bonchev–Trinajstić information content (AvgIpc) is 2.72. The fourth-order valence-corrected chi connectivity index (χ4v) is 2.82. The molecule has 17 heavy (non-hydrogen) atoms. The third-order valence-corrected chi connectivity index (χ3v) is 3.76. The fraction of sp³-hybridized carbons (Fsp3) is 0.692. The molecule has 1 aliphatic heterocycles. The first-order valence-electron chi connectivity index (χ1n) is 6.24. The quantitative estimate of drug-likeness (QED) is 0.894. The monoisotopic (exact) mass is 251 g/mol. The Morgan fingerprint density at radius 3 is 2.65 bits per heavy atom. The van der Waals surface area contributed by atoms with Gasteiger partial charge in [-0.1, -0.05) is 27.7 Å². The zero-order valence-electron chi connectivity index (χ0n) is 11.1. The zero-order chi connectivity index (χ0) is 12.5. The second-order valence-corrected chi connectivity index (χ2v) is 6.48. The molecular formula is C13H21N3S. The predicted octanol–water partition coefficient (Wildman–Crippen LogP) is 3.34. The summed E-state index contributed by atoms with van der Waals surface area (Å²) in [5, 5.41) is 3.44. The maximum absolute atomic E-state index is 4.72. The minimum Gasteiger partial charge on any atom is -0.370 e. The summed E-state index contributed by atoms with van der Waals surface area (Å²) in [5.74, 6) is 4.09. The summed E-state index contributed by atoms with van der Waals surface area (Å²) in [7, 11) is 0. The molecule has 0 saturated carbocycles. The van der Waals surface area contributed by atoms with E-state index in [-0.39, 0.29) is 5.41 Å². The van der Waals surface area contributed by atoms with Crippen molar-refractivity contribution in [3.8, 4) is 0 Å². The molecular weight excluding hydrogens is 230 g/mol. The van der Waals surface area contributed by atoms with E-state index >= 15 is 0 Å². The summed E-state index contributed by atoms with van der Waals surface area (Å²) in [6.07, 6.45) is 1.12. The summed E-state index contributed by atoms with van der Waals surface area (Å²) in [4.78, 5) is 9.44. The molecule has 0 bridgehead atoms. The van der Waals surface area contributed by atoms with Crippen molar-refractivity contribution in [1.29, 1.82) is 0 Å². The van der Waals surface area contributed by atoms with E-state index in [2.05, 4.69) is 33.0 Å². The van der Waals surface area contributed by atoms with Crippen LogP contribution in [0.4, 0.5) is 5.82 Å². The second kappa shape index (κ2) is 4.84. The largest absolute Gasteiger partial charge is 0.370 e. The van der Waals surface area contributed by atoms with Crippen LogP contribution in [0.15, 0.2) is 0 Å². The molecule has 0 saturated heterocycles. The number of fused-ring (bicyclic) bond motifs is 1. The van der Waals surface area contributed by atoms with E-state index in [9.17, 15) is 0 Å². The van der Waals surface area contributed by atoms with Gasteiger partial charge in [-0.3, -0.25) is 0 Å². The van der Waals surface area contributed by atoms with Gasteiger partial charge in [-0.2, -0.15) is 11.8 Å². The van der Waals surface area contributed by atoms with Crippen LogP contribution in [-0.2, 0) is 16.9 Å². The Balaban J connectivity index is 2.39. The number of anilines is 1. The molecule has 0 unspecified atom stereocenters. The van der Waals surface area contributed by atoms with Crippen molar-refractivity contribution in [2.24, 2.45) is 0 Å². The SMILES string of the molecule is CCCNc1nc(C(C)(C)C)nc2c1CSC2. The second-order valence-electron chi connectivity index (χ2n) is 5.49. The highest BCUT2D eigenvalue weighted by atomic mass is 32.2. The van der Waals surface area contributed by atoms with Crippen LogP contribution in [0.1, 0.15) is 51.2 Å². The lowest BCUT2D eigenvalue weighted by atomic mass is 9.95. The van der Waals surface area contributed by atoms with Crippen molar-refractivity contribution < 1.29 is 0 Å². The zero-order valence-corrected chi connectivity index (χ0v) is 11.9. The first-order chi connectivity index (χ1) is 8.02. The van der Waals surface area contributed by atoms with Gasteiger partial charge in [0.15, 0.2) is 0 Å². The Hall–Kier alpha value is -0.770. The van der Waals surface area contributed by atoms with Crippen LogP contribution < -0.4 is 5.32 Å². The van der Waals surface area contributed by atoms with Crippen LogP contribution in [0.5, 0.6) is 0 Å². The van der Waals surface area contributed by atoms with Gasteiger partial charge in [0, 0.05) is 29.0 Å². The van der Waals surface area contributed by atoms with Gasteiger partial charge < -0.3 is 5.32 Å². The van der Waals surface area contributed by atoms with Gasteiger partial charge in [0.2, 0.25) is 0 Å². The molecule has 0 spiro atoms. The van der Waals surface area contributed by atoms with Gasteiger partial charge in [-0.15, -0.1) is 0 Å². The first kappa shape index (κ1) is 12.7. The summed E-state index contributed by atoms with van der Waals surface area (Å²) < 4.78 is 0. The van der Waals surface area contributed by atoms with Crippen molar-refractivity contribution in [3.63, 3.8) is 0 Å². The third kappa shape index (κ3) is 2.73. The van der Waals surface area contributed by atoms with Gasteiger partial charge in [-0.25, -0.2) is 9.97 Å².